The molecule has 0 aliphatic carbocycles. The largest absolute Gasteiger partial charge is 0.490 e. The van der Waals surface area contributed by atoms with Crippen molar-refractivity contribution in [3.63, 3.8) is 0 Å². The van der Waals surface area contributed by atoms with Crippen LogP contribution in [-0.2, 0) is 0 Å². The summed E-state index contributed by atoms with van der Waals surface area (Å²) in [6.07, 6.45) is 11.2. The average molecular weight is 371 g/mol. The molecule has 0 bridgehead atoms. The van der Waals surface area contributed by atoms with Gasteiger partial charge in [-0.25, -0.2) is 0 Å². The maximum atomic E-state index is 14.1. The highest BCUT2D eigenvalue weighted by Crippen LogP contribution is 2.28. The van der Waals surface area contributed by atoms with Crippen molar-refractivity contribution in [1.29, 1.82) is 0 Å². The van der Waals surface area contributed by atoms with Crippen LogP contribution in [0.25, 0.3) is 0 Å². The van der Waals surface area contributed by atoms with E-state index in [2.05, 4.69) is 13.8 Å². The van der Waals surface area contributed by atoms with Crippen molar-refractivity contribution in [3.05, 3.63) is 23.8 Å². The van der Waals surface area contributed by atoms with Crippen LogP contribution in [0.3, 0.4) is 0 Å². The Bertz CT molecular complexity index is 491. The van der Waals surface area contributed by atoms with Gasteiger partial charge in [0.15, 0.2) is 11.5 Å². The van der Waals surface area contributed by atoms with E-state index in [0.29, 0.717) is 13.2 Å². The van der Waals surface area contributed by atoms with Gasteiger partial charge in [-0.1, -0.05) is 65.7 Å². The van der Waals surface area contributed by atoms with E-state index in [0.717, 1.165) is 31.6 Å². The Morgan fingerprint density at radius 1 is 0.692 bits per heavy atom. The van der Waals surface area contributed by atoms with E-state index in [4.69, 9.17) is 9.47 Å². The van der Waals surface area contributed by atoms with Gasteiger partial charge in [0.2, 0.25) is 11.6 Å². The molecule has 1 atom stereocenters. The number of unbranched alkanes of at least 4 members (excludes halogenated alkanes) is 3. The van der Waals surface area contributed by atoms with Gasteiger partial charge in [-0.15, -0.1) is 0 Å². The van der Waals surface area contributed by atoms with Crippen LogP contribution in [0.15, 0.2) is 12.1 Å². The van der Waals surface area contributed by atoms with Crippen LogP contribution >= 0.6 is 0 Å². The number of benzene rings is 1. The number of halogens is 2. The van der Waals surface area contributed by atoms with E-state index in [1.54, 1.807) is 0 Å². The molecule has 4 heteroatoms. The maximum absolute atomic E-state index is 14.1. The van der Waals surface area contributed by atoms with E-state index < -0.39 is 11.6 Å². The van der Waals surface area contributed by atoms with E-state index in [1.165, 1.54) is 50.7 Å². The highest BCUT2D eigenvalue weighted by molar-refractivity contribution is 5.35. The van der Waals surface area contributed by atoms with Gasteiger partial charge in [0, 0.05) is 0 Å². The zero-order chi connectivity index (χ0) is 19.2. The normalized spacial score (nSPS) is 12.2. The van der Waals surface area contributed by atoms with Crippen molar-refractivity contribution in [2.24, 2.45) is 5.92 Å². The van der Waals surface area contributed by atoms with Gasteiger partial charge >= 0.3 is 0 Å². The first-order valence-electron chi connectivity index (χ1n) is 10.4. The molecule has 0 N–H and O–H groups in total. The first-order valence-corrected chi connectivity index (χ1v) is 10.4. The number of rotatable bonds is 15. The fourth-order valence-electron chi connectivity index (χ4n) is 3.11. The summed E-state index contributed by atoms with van der Waals surface area (Å²) in [6, 6.07) is 2.91. The minimum atomic E-state index is -0.957. The summed E-state index contributed by atoms with van der Waals surface area (Å²) in [5.41, 5.74) is 0. The topological polar surface area (TPSA) is 18.5 Å². The molecule has 1 rings (SSSR count). The van der Waals surface area contributed by atoms with Crippen LogP contribution < -0.4 is 9.47 Å². The van der Waals surface area contributed by atoms with Crippen LogP contribution in [-0.4, -0.2) is 13.2 Å². The fourth-order valence-corrected chi connectivity index (χ4v) is 3.11. The molecule has 1 aromatic carbocycles. The molecular formula is C22H36F2O2. The Morgan fingerprint density at radius 2 is 1.23 bits per heavy atom. The number of ether oxygens (including phenoxy) is 2. The van der Waals surface area contributed by atoms with Crippen LogP contribution in [0.1, 0.15) is 85.0 Å². The number of hydrogen-bond donors (Lipinski definition) is 0. The van der Waals surface area contributed by atoms with Crippen molar-refractivity contribution in [3.8, 4) is 11.5 Å². The first kappa shape index (κ1) is 22.7. The fraction of sp³-hybridized carbons (Fsp3) is 0.727. The zero-order valence-corrected chi connectivity index (χ0v) is 16.8. The summed E-state index contributed by atoms with van der Waals surface area (Å²) in [5, 5.41) is 0. The molecular weight excluding hydrogens is 334 g/mol. The van der Waals surface area contributed by atoms with Crippen LogP contribution in [0.4, 0.5) is 8.78 Å². The third-order valence-electron chi connectivity index (χ3n) is 4.69. The molecule has 150 valence electrons. The molecule has 0 heterocycles. The third-order valence-corrected chi connectivity index (χ3v) is 4.69. The molecule has 26 heavy (non-hydrogen) atoms. The lowest BCUT2D eigenvalue weighted by Gasteiger charge is -2.16. The van der Waals surface area contributed by atoms with Crippen LogP contribution in [0, 0.1) is 17.6 Å². The third kappa shape index (κ3) is 8.37. The summed E-state index contributed by atoms with van der Waals surface area (Å²) in [6.45, 7) is 7.29. The van der Waals surface area contributed by atoms with Gasteiger partial charge in [-0.3, -0.25) is 0 Å². The molecule has 0 fully saturated rings. The Labute approximate surface area is 158 Å². The average Bonchev–Trinajstić information content (AvgIpc) is 2.64. The Morgan fingerprint density at radius 3 is 1.77 bits per heavy atom. The Balaban J connectivity index is 2.37. The molecule has 1 unspecified atom stereocenters. The Kier molecular flexibility index (Phi) is 12.1. The predicted molar refractivity (Wildman–Crippen MR) is 104 cm³/mol. The van der Waals surface area contributed by atoms with Gasteiger partial charge < -0.3 is 9.47 Å². The smallest absolute Gasteiger partial charge is 0.204 e. The molecule has 0 saturated heterocycles. The number of hydrogen-bond acceptors (Lipinski definition) is 2. The van der Waals surface area contributed by atoms with Crippen molar-refractivity contribution in [2.75, 3.05) is 13.2 Å². The van der Waals surface area contributed by atoms with Gasteiger partial charge in [0.05, 0.1) is 13.2 Å². The lowest BCUT2D eigenvalue weighted by molar-refractivity contribution is 0.264. The molecule has 0 spiro atoms. The van der Waals surface area contributed by atoms with Gasteiger partial charge in [-0.05, 0) is 37.3 Å². The standard InChI is InChI=1S/C22H36F2O2/c1-4-7-12-18(11-6-3)13-9-10-17-26-20-15-14-19(21(23)22(20)24)25-16-8-5-2/h14-15,18H,4-13,16-17H2,1-3H3. The van der Waals surface area contributed by atoms with E-state index in [1.807, 2.05) is 6.92 Å². The molecule has 0 aliphatic rings. The second kappa shape index (κ2) is 13.8. The van der Waals surface area contributed by atoms with Crippen molar-refractivity contribution < 1.29 is 18.3 Å². The van der Waals surface area contributed by atoms with Crippen molar-refractivity contribution >= 4 is 0 Å². The summed E-state index contributed by atoms with van der Waals surface area (Å²) >= 11 is 0. The van der Waals surface area contributed by atoms with Gasteiger partial charge in [0.1, 0.15) is 0 Å². The Hall–Kier alpha value is -1.32. The second-order valence-corrected chi connectivity index (χ2v) is 7.03. The minimum absolute atomic E-state index is 0.0265. The second-order valence-electron chi connectivity index (χ2n) is 7.03. The van der Waals surface area contributed by atoms with Crippen molar-refractivity contribution in [1.82, 2.24) is 0 Å². The van der Waals surface area contributed by atoms with E-state index >= 15 is 0 Å². The van der Waals surface area contributed by atoms with E-state index in [-0.39, 0.29) is 11.5 Å². The molecule has 0 aliphatic heterocycles. The molecule has 2 nitrogen and oxygen atoms in total. The van der Waals surface area contributed by atoms with Gasteiger partial charge in [0.25, 0.3) is 0 Å². The maximum Gasteiger partial charge on any atom is 0.204 e. The first-order chi connectivity index (χ1) is 12.6. The molecule has 0 amide bonds. The SMILES string of the molecule is CCCCOc1ccc(OCCCCC(CCC)CCCC)c(F)c1F. The minimum Gasteiger partial charge on any atom is -0.490 e. The molecule has 1 aromatic rings. The van der Waals surface area contributed by atoms with Crippen molar-refractivity contribution in [2.45, 2.75) is 85.0 Å². The van der Waals surface area contributed by atoms with Crippen LogP contribution in [0.2, 0.25) is 0 Å². The highest BCUT2D eigenvalue weighted by atomic mass is 19.2. The summed E-state index contributed by atoms with van der Waals surface area (Å²) in [4.78, 5) is 0. The lowest BCUT2D eigenvalue weighted by Crippen LogP contribution is -2.05. The summed E-state index contributed by atoms with van der Waals surface area (Å²) in [7, 11) is 0. The van der Waals surface area contributed by atoms with Gasteiger partial charge in [-0.2, -0.15) is 8.78 Å². The lowest BCUT2D eigenvalue weighted by atomic mass is 9.92. The molecule has 0 saturated carbocycles. The monoisotopic (exact) mass is 370 g/mol. The quantitative estimate of drug-likeness (QED) is 0.302. The molecule has 0 radical (unpaired) electrons. The molecule has 0 aromatic heterocycles. The zero-order valence-electron chi connectivity index (χ0n) is 16.8. The van der Waals surface area contributed by atoms with E-state index in [9.17, 15) is 8.78 Å². The predicted octanol–water partition coefficient (Wildman–Crippen LogP) is 7.30. The summed E-state index contributed by atoms with van der Waals surface area (Å²) in [5.74, 6) is -1.19. The van der Waals surface area contributed by atoms with Crippen LogP contribution in [0.5, 0.6) is 11.5 Å². The highest BCUT2D eigenvalue weighted by Gasteiger charge is 2.15. The summed E-state index contributed by atoms with van der Waals surface area (Å²) < 4.78 is 38.8.